The number of anilines is 1. The van der Waals surface area contributed by atoms with Crippen molar-refractivity contribution < 1.29 is 14.7 Å². The van der Waals surface area contributed by atoms with Crippen molar-refractivity contribution in [3.63, 3.8) is 0 Å². The van der Waals surface area contributed by atoms with Crippen LogP contribution in [0.4, 0.5) is 5.82 Å². The van der Waals surface area contributed by atoms with Crippen LogP contribution in [-0.4, -0.2) is 34.0 Å². The molecule has 6 nitrogen and oxygen atoms in total. The average Bonchev–Trinajstić information content (AvgIpc) is 2.34. The van der Waals surface area contributed by atoms with Crippen molar-refractivity contribution >= 4 is 17.6 Å². The first-order valence-electron chi connectivity index (χ1n) is 6.09. The van der Waals surface area contributed by atoms with E-state index in [-0.39, 0.29) is 18.4 Å². The number of aliphatic hydroxyl groups excluding tert-OH is 1. The lowest BCUT2D eigenvalue weighted by Gasteiger charge is -2.41. The standard InChI is InChI=1S/C13H17N3O3/c1-8(17)9-5-4-6-14-11(9)16-7-10(18)15-12(19)13(16,2)3/h4-6,8,17H,7H2,1-3H3,(H,15,18,19)/t8-/m0/s1. The lowest BCUT2D eigenvalue weighted by molar-refractivity contribution is -0.135. The number of hydrogen-bond acceptors (Lipinski definition) is 5. The highest BCUT2D eigenvalue weighted by atomic mass is 16.3. The number of amides is 2. The molecule has 1 fully saturated rings. The summed E-state index contributed by atoms with van der Waals surface area (Å²) in [6, 6.07) is 3.45. The van der Waals surface area contributed by atoms with Crippen molar-refractivity contribution in [2.75, 3.05) is 11.4 Å². The van der Waals surface area contributed by atoms with Gasteiger partial charge in [0.25, 0.3) is 5.91 Å². The first-order chi connectivity index (χ1) is 8.84. The van der Waals surface area contributed by atoms with Crippen LogP contribution in [-0.2, 0) is 9.59 Å². The zero-order valence-electron chi connectivity index (χ0n) is 11.2. The van der Waals surface area contributed by atoms with Crippen LogP contribution in [0.5, 0.6) is 0 Å². The molecule has 0 saturated carbocycles. The third-order valence-corrected chi connectivity index (χ3v) is 3.31. The molecular weight excluding hydrogens is 246 g/mol. The van der Waals surface area contributed by atoms with E-state index in [1.165, 1.54) is 0 Å². The minimum atomic E-state index is -0.897. The van der Waals surface area contributed by atoms with Gasteiger partial charge in [0, 0.05) is 11.8 Å². The molecule has 1 atom stereocenters. The molecule has 1 aliphatic rings. The summed E-state index contributed by atoms with van der Waals surface area (Å²) in [7, 11) is 0. The van der Waals surface area contributed by atoms with Gasteiger partial charge in [0.2, 0.25) is 5.91 Å². The molecule has 0 bridgehead atoms. The fourth-order valence-corrected chi connectivity index (χ4v) is 2.08. The summed E-state index contributed by atoms with van der Waals surface area (Å²) in [5, 5.41) is 12.1. The topological polar surface area (TPSA) is 82.5 Å². The molecule has 0 radical (unpaired) electrons. The highest BCUT2D eigenvalue weighted by Gasteiger charge is 2.42. The molecule has 1 aromatic rings. The van der Waals surface area contributed by atoms with Crippen molar-refractivity contribution in [3.8, 4) is 0 Å². The van der Waals surface area contributed by atoms with Crippen molar-refractivity contribution in [2.45, 2.75) is 32.4 Å². The molecule has 2 N–H and O–H groups in total. The number of nitrogens with zero attached hydrogens (tertiary/aromatic N) is 2. The van der Waals surface area contributed by atoms with Crippen molar-refractivity contribution in [1.82, 2.24) is 10.3 Å². The largest absolute Gasteiger partial charge is 0.389 e. The molecular formula is C13H17N3O3. The van der Waals surface area contributed by atoms with Crippen molar-refractivity contribution in [3.05, 3.63) is 23.9 Å². The Labute approximate surface area is 111 Å². The van der Waals surface area contributed by atoms with Gasteiger partial charge in [0.05, 0.1) is 12.6 Å². The molecule has 1 saturated heterocycles. The van der Waals surface area contributed by atoms with Gasteiger partial charge in [-0.1, -0.05) is 6.07 Å². The summed E-state index contributed by atoms with van der Waals surface area (Å²) in [4.78, 5) is 29.3. The maximum atomic E-state index is 11.9. The Bertz CT molecular complexity index is 526. The molecule has 2 heterocycles. The minimum Gasteiger partial charge on any atom is -0.389 e. The first-order valence-corrected chi connectivity index (χ1v) is 6.09. The van der Waals surface area contributed by atoms with Gasteiger partial charge in [-0.2, -0.15) is 0 Å². The summed E-state index contributed by atoms with van der Waals surface area (Å²) in [5.41, 5.74) is -0.301. The normalized spacial score (nSPS) is 20.1. The summed E-state index contributed by atoms with van der Waals surface area (Å²) in [6.07, 6.45) is 0.855. The van der Waals surface area contributed by atoms with Gasteiger partial charge < -0.3 is 10.0 Å². The van der Waals surface area contributed by atoms with E-state index in [0.717, 1.165) is 0 Å². The lowest BCUT2D eigenvalue weighted by atomic mass is 9.97. The first kappa shape index (κ1) is 13.5. The van der Waals surface area contributed by atoms with Gasteiger partial charge in [0.1, 0.15) is 11.4 Å². The van der Waals surface area contributed by atoms with E-state index in [9.17, 15) is 14.7 Å². The molecule has 2 rings (SSSR count). The van der Waals surface area contributed by atoms with Gasteiger partial charge in [0.15, 0.2) is 0 Å². The Hall–Kier alpha value is -1.95. The van der Waals surface area contributed by atoms with E-state index < -0.39 is 11.6 Å². The van der Waals surface area contributed by atoms with E-state index in [4.69, 9.17) is 0 Å². The monoisotopic (exact) mass is 263 g/mol. The predicted molar refractivity (Wildman–Crippen MR) is 69.4 cm³/mol. The predicted octanol–water partition coefficient (Wildman–Crippen LogP) is 0.376. The number of aliphatic hydroxyl groups is 1. The summed E-state index contributed by atoms with van der Waals surface area (Å²) in [6.45, 7) is 5.10. The fraction of sp³-hybridized carbons (Fsp3) is 0.462. The quantitative estimate of drug-likeness (QED) is 0.754. The number of carbonyl (C=O) groups is 2. The molecule has 0 spiro atoms. The van der Waals surface area contributed by atoms with Crippen LogP contribution in [0.2, 0.25) is 0 Å². The zero-order chi connectivity index (χ0) is 14.2. The number of rotatable bonds is 2. The molecule has 1 aliphatic heterocycles. The third-order valence-electron chi connectivity index (χ3n) is 3.31. The summed E-state index contributed by atoms with van der Waals surface area (Å²) in [5.74, 6) is -0.275. The number of aromatic nitrogens is 1. The molecule has 0 aromatic carbocycles. The zero-order valence-corrected chi connectivity index (χ0v) is 11.2. The second-order valence-corrected chi connectivity index (χ2v) is 5.11. The molecule has 2 amide bonds. The number of piperazine rings is 1. The van der Waals surface area contributed by atoms with E-state index in [1.54, 1.807) is 44.0 Å². The summed E-state index contributed by atoms with van der Waals surface area (Å²) < 4.78 is 0. The van der Waals surface area contributed by atoms with E-state index in [2.05, 4.69) is 10.3 Å². The minimum absolute atomic E-state index is 0.0372. The van der Waals surface area contributed by atoms with Gasteiger partial charge in [-0.15, -0.1) is 0 Å². The van der Waals surface area contributed by atoms with E-state index in [0.29, 0.717) is 11.4 Å². The van der Waals surface area contributed by atoms with Crippen LogP contribution in [0.25, 0.3) is 0 Å². The van der Waals surface area contributed by atoms with Gasteiger partial charge in [-0.3, -0.25) is 14.9 Å². The number of imide groups is 1. The molecule has 0 unspecified atom stereocenters. The van der Waals surface area contributed by atoms with Gasteiger partial charge >= 0.3 is 0 Å². The second kappa shape index (κ2) is 4.62. The fourth-order valence-electron chi connectivity index (χ4n) is 2.08. The number of pyridine rings is 1. The molecule has 1 aromatic heterocycles. The smallest absolute Gasteiger partial charge is 0.251 e. The number of carbonyl (C=O) groups excluding carboxylic acids is 2. The second-order valence-electron chi connectivity index (χ2n) is 5.11. The van der Waals surface area contributed by atoms with Crippen LogP contribution in [0.3, 0.4) is 0 Å². The Balaban J connectivity index is 2.50. The van der Waals surface area contributed by atoms with Crippen molar-refractivity contribution in [2.24, 2.45) is 0 Å². The number of nitrogens with one attached hydrogen (secondary N) is 1. The van der Waals surface area contributed by atoms with Crippen LogP contribution < -0.4 is 10.2 Å². The number of hydrogen-bond donors (Lipinski definition) is 2. The Morgan fingerprint density at radius 2 is 2.16 bits per heavy atom. The SMILES string of the molecule is C[C@H](O)c1cccnc1N1CC(=O)NC(=O)C1(C)C. The Kier molecular flexibility index (Phi) is 3.28. The van der Waals surface area contributed by atoms with Crippen molar-refractivity contribution in [1.29, 1.82) is 0 Å². The highest BCUT2D eigenvalue weighted by Crippen LogP contribution is 2.30. The Morgan fingerprint density at radius 1 is 1.47 bits per heavy atom. The van der Waals surface area contributed by atoms with E-state index in [1.807, 2.05) is 0 Å². The average molecular weight is 263 g/mol. The van der Waals surface area contributed by atoms with Crippen LogP contribution in [0.1, 0.15) is 32.4 Å². The van der Waals surface area contributed by atoms with Crippen LogP contribution in [0.15, 0.2) is 18.3 Å². The lowest BCUT2D eigenvalue weighted by Crippen LogP contribution is -2.64. The molecule has 0 aliphatic carbocycles. The Morgan fingerprint density at radius 3 is 2.79 bits per heavy atom. The maximum absolute atomic E-state index is 11.9. The molecule has 102 valence electrons. The van der Waals surface area contributed by atoms with E-state index >= 15 is 0 Å². The maximum Gasteiger partial charge on any atom is 0.251 e. The van der Waals surface area contributed by atoms with Gasteiger partial charge in [-0.25, -0.2) is 4.98 Å². The summed E-state index contributed by atoms with van der Waals surface area (Å²) >= 11 is 0. The van der Waals surface area contributed by atoms with Crippen LogP contribution in [0, 0.1) is 0 Å². The molecule has 6 heteroatoms. The third kappa shape index (κ3) is 2.31. The highest BCUT2D eigenvalue weighted by molar-refractivity contribution is 6.06. The molecule has 19 heavy (non-hydrogen) atoms. The van der Waals surface area contributed by atoms with Gasteiger partial charge in [-0.05, 0) is 26.8 Å². The van der Waals surface area contributed by atoms with Crippen LogP contribution >= 0.6 is 0 Å².